The van der Waals surface area contributed by atoms with Crippen LogP contribution in [0.2, 0.25) is 0 Å². The maximum Gasteiger partial charge on any atom is 0.155 e. The summed E-state index contributed by atoms with van der Waals surface area (Å²) in [5, 5.41) is 0.707. The fraction of sp³-hybridized carbons (Fsp3) is 0.556. The van der Waals surface area contributed by atoms with Crippen LogP contribution in [0.5, 0.6) is 0 Å². The summed E-state index contributed by atoms with van der Waals surface area (Å²) in [6.07, 6.45) is 4.29. The molecule has 4 nitrogen and oxygen atoms in total. The highest BCUT2D eigenvalue weighted by atomic mass is 19.1. The first kappa shape index (κ1) is 15.0. The molecule has 124 valence electrons. The number of morpholine rings is 1. The average molecular weight is 317 g/mol. The molecule has 2 heterocycles. The van der Waals surface area contributed by atoms with Crippen LogP contribution in [-0.4, -0.2) is 37.3 Å². The van der Waals surface area contributed by atoms with Crippen LogP contribution >= 0.6 is 0 Å². The van der Waals surface area contributed by atoms with Crippen molar-refractivity contribution in [3.8, 4) is 0 Å². The zero-order valence-corrected chi connectivity index (χ0v) is 13.4. The topological polar surface area (TPSA) is 54.3 Å². The number of anilines is 1. The first-order valence-electron chi connectivity index (χ1n) is 8.62. The lowest BCUT2D eigenvalue weighted by Gasteiger charge is -2.29. The zero-order chi connectivity index (χ0) is 15.8. The minimum Gasteiger partial charge on any atom is -0.378 e. The smallest absolute Gasteiger partial charge is 0.155 e. The van der Waals surface area contributed by atoms with E-state index in [1.807, 2.05) is 18.2 Å². The predicted octanol–water partition coefficient (Wildman–Crippen LogP) is 3.13. The van der Waals surface area contributed by atoms with Gasteiger partial charge in [0.2, 0.25) is 0 Å². The Morgan fingerprint density at radius 2 is 1.87 bits per heavy atom. The van der Waals surface area contributed by atoms with Crippen LogP contribution in [0.1, 0.15) is 37.3 Å². The maximum absolute atomic E-state index is 15.0. The van der Waals surface area contributed by atoms with Crippen molar-refractivity contribution in [2.24, 2.45) is 5.73 Å². The van der Waals surface area contributed by atoms with Crippen LogP contribution in [0.4, 0.5) is 10.1 Å². The lowest BCUT2D eigenvalue weighted by atomic mass is 9.84. The van der Waals surface area contributed by atoms with E-state index in [1.165, 1.54) is 0 Å². The number of benzene rings is 1. The van der Waals surface area contributed by atoms with E-state index in [-0.39, 0.29) is 5.82 Å². The van der Waals surface area contributed by atoms with Gasteiger partial charge in [-0.25, -0.2) is 4.39 Å². The maximum atomic E-state index is 15.0. The molecule has 1 saturated heterocycles. The van der Waals surface area contributed by atoms with Crippen molar-refractivity contribution in [2.75, 3.05) is 31.2 Å². The number of hydrogen-bond donors (Lipinski definition) is 2. The number of ether oxygens (including phenoxy) is 1. The molecule has 2 aliphatic rings. The Labute approximate surface area is 135 Å². The average Bonchev–Trinajstić information content (AvgIpc) is 3.02. The molecule has 5 heteroatoms. The normalized spacial score (nSPS) is 25.9. The van der Waals surface area contributed by atoms with Gasteiger partial charge >= 0.3 is 0 Å². The summed E-state index contributed by atoms with van der Waals surface area (Å²) in [6, 6.07) is 6.23. The van der Waals surface area contributed by atoms with Gasteiger partial charge in [-0.3, -0.25) is 0 Å². The van der Waals surface area contributed by atoms with Gasteiger partial charge in [0.1, 0.15) is 0 Å². The Bertz CT molecular complexity index is 685. The number of halogens is 1. The standard InChI is InChI=1S/C18H24FN3O/c19-18-14-11-16(12-1-3-13(20)4-2-12)21-15(14)5-6-17(18)22-7-9-23-10-8-22/h5-6,11-13,21H,1-4,7-10,20H2. The van der Waals surface area contributed by atoms with Crippen LogP contribution in [0.15, 0.2) is 18.2 Å². The lowest BCUT2D eigenvalue weighted by molar-refractivity contribution is 0.122. The van der Waals surface area contributed by atoms with Crippen LogP contribution in [0.3, 0.4) is 0 Å². The van der Waals surface area contributed by atoms with Gasteiger partial charge in [-0.05, 0) is 49.8 Å². The van der Waals surface area contributed by atoms with Gasteiger partial charge in [0.15, 0.2) is 5.82 Å². The highest BCUT2D eigenvalue weighted by molar-refractivity contribution is 5.85. The summed E-state index contributed by atoms with van der Waals surface area (Å²) in [4.78, 5) is 5.50. The van der Waals surface area contributed by atoms with Crippen molar-refractivity contribution in [1.82, 2.24) is 4.98 Å². The zero-order valence-electron chi connectivity index (χ0n) is 13.4. The summed E-state index contributed by atoms with van der Waals surface area (Å²) in [7, 11) is 0. The second-order valence-electron chi connectivity index (χ2n) is 6.80. The largest absolute Gasteiger partial charge is 0.378 e. The minimum atomic E-state index is -0.112. The van der Waals surface area contributed by atoms with E-state index in [9.17, 15) is 4.39 Å². The fourth-order valence-electron chi connectivity index (χ4n) is 3.88. The number of nitrogens with zero attached hydrogens (tertiary/aromatic N) is 1. The SMILES string of the molecule is NC1CCC(c2cc3c(F)c(N4CCOCC4)ccc3[nH]2)CC1. The number of fused-ring (bicyclic) bond motifs is 1. The van der Waals surface area contributed by atoms with Crippen LogP contribution < -0.4 is 10.6 Å². The monoisotopic (exact) mass is 317 g/mol. The first-order valence-corrected chi connectivity index (χ1v) is 8.62. The van der Waals surface area contributed by atoms with Crippen LogP contribution in [0.25, 0.3) is 10.9 Å². The highest BCUT2D eigenvalue weighted by Gasteiger charge is 2.23. The van der Waals surface area contributed by atoms with Gasteiger partial charge in [-0.1, -0.05) is 0 Å². The third-order valence-corrected chi connectivity index (χ3v) is 5.30. The quantitative estimate of drug-likeness (QED) is 0.895. The number of rotatable bonds is 2. The Hall–Kier alpha value is -1.59. The fourth-order valence-corrected chi connectivity index (χ4v) is 3.88. The molecule has 0 spiro atoms. The van der Waals surface area contributed by atoms with E-state index >= 15 is 0 Å². The number of hydrogen-bond acceptors (Lipinski definition) is 3. The second-order valence-corrected chi connectivity index (χ2v) is 6.80. The summed E-state index contributed by atoms with van der Waals surface area (Å²) < 4.78 is 20.3. The van der Waals surface area contributed by atoms with Crippen LogP contribution in [-0.2, 0) is 4.74 Å². The van der Waals surface area contributed by atoms with E-state index in [2.05, 4.69) is 9.88 Å². The molecule has 2 fully saturated rings. The summed E-state index contributed by atoms with van der Waals surface area (Å²) in [5.41, 5.74) is 8.73. The molecule has 0 amide bonds. The summed E-state index contributed by atoms with van der Waals surface area (Å²) in [5.74, 6) is 0.368. The molecule has 2 aromatic rings. The molecule has 1 saturated carbocycles. The number of aromatic nitrogens is 1. The number of nitrogens with one attached hydrogen (secondary N) is 1. The highest BCUT2D eigenvalue weighted by Crippen LogP contribution is 2.35. The number of nitrogens with two attached hydrogens (primary N) is 1. The van der Waals surface area contributed by atoms with Crippen molar-refractivity contribution < 1.29 is 9.13 Å². The molecule has 1 aliphatic heterocycles. The van der Waals surface area contributed by atoms with Gasteiger partial charge in [0, 0.05) is 35.7 Å². The third kappa shape index (κ3) is 2.83. The Morgan fingerprint density at radius 1 is 1.13 bits per heavy atom. The van der Waals surface area contributed by atoms with E-state index in [0.717, 1.165) is 50.0 Å². The molecule has 0 bridgehead atoms. The molecule has 0 unspecified atom stereocenters. The second kappa shape index (κ2) is 6.13. The molecular formula is C18H24FN3O. The van der Waals surface area contributed by atoms with E-state index in [1.54, 1.807) is 0 Å². The molecule has 0 radical (unpaired) electrons. The molecule has 4 rings (SSSR count). The molecule has 0 atom stereocenters. The number of aromatic amines is 1. The van der Waals surface area contributed by atoms with Crippen molar-refractivity contribution in [2.45, 2.75) is 37.6 Å². The van der Waals surface area contributed by atoms with E-state index in [4.69, 9.17) is 10.5 Å². The van der Waals surface area contributed by atoms with Gasteiger partial charge in [-0.15, -0.1) is 0 Å². The number of H-pyrrole nitrogens is 1. The Kier molecular flexibility index (Phi) is 3.99. The molecule has 1 aliphatic carbocycles. The summed E-state index contributed by atoms with van der Waals surface area (Å²) in [6.45, 7) is 2.83. The van der Waals surface area contributed by atoms with Crippen molar-refractivity contribution >= 4 is 16.6 Å². The van der Waals surface area contributed by atoms with Gasteiger partial charge in [0.05, 0.1) is 18.9 Å². The first-order chi connectivity index (χ1) is 11.2. The van der Waals surface area contributed by atoms with Crippen LogP contribution in [0, 0.1) is 5.82 Å². The van der Waals surface area contributed by atoms with E-state index in [0.29, 0.717) is 36.2 Å². The third-order valence-electron chi connectivity index (χ3n) is 5.30. The minimum absolute atomic E-state index is 0.112. The lowest BCUT2D eigenvalue weighted by Crippen LogP contribution is -2.36. The van der Waals surface area contributed by atoms with Gasteiger partial charge < -0.3 is 20.4 Å². The van der Waals surface area contributed by atoms with Crippen molar-refractivity contribution in [3.05, 3.63) is 29.7 Å². The molecule has 1 aromatic heterocycles. The molecule has 3 N–H and O–H groups in total. The molecular weight excluding hydrogens is 293 g/mol. The predicted molar refractivity (Wildman–Crippen MR) is 90.5 cm³/mol. The van der Waals surface area contributed by atoms with E-state index < -0.39 is 0 Å². The van der Waals surface area contributed by atoms with Crippen molar-refractivity contribution in [1.29, 1.82) is 0 Å². The Balaban J connectivity index is 1.64. The Morgan fingerprint density at radius 3 is 2.61 bits per heavy atom. The summed E-state index contributed by atoms with van der Waals surface area (Å²) >= 11 is 0. The van der Waals surface area contributed by atoms with Gasteiger partial charge in [0.25, 0.3) is 0 Å². The van der Waals surface area contributed by atoms with Crippen molar-refractivity contribution in [3.63, 3.8) is 0 Å². The molecule has 23 heavy (non-hydrogen) atoms. The van der Waals surface area contributed by atoms with Gasteiger partial charge in [-0.2, -0.15) is 0 Å². The molecule has 1 aromatic carbocycles.